The molecule has 1 unspecified atom stereocenters. The molecule has 0 bridgehead atoms. The number of likely N-dealkylation sites (N-methyl/N-ethyl adjacent to an activating group) is 1. The number of nitrogens with one attached hydrogen (secondary N) is 1. The molecule has 0 saturated carbocycles. The van der Waals surface area contributed by atoms with Crippen molar-refractivity contribution < 1.29 is 5.11 Å². The SMILES string of the molecule is CCNC(C)c1ccc(N(C)CCO)c(Br)c1. The maximum absolute atomic E-state index is 8.93. The second kappa shape index (κ2) is 6.99. The van der Waals surface area contributed by atoms with Gasteiger partial charge in [-0.05, 0) is 47.1 Å². The highest BCUT2D eigenvalue weighted by Gasteiger charge is 2.09. The van der Waals surface area contributed by atoms with Gasteiger partial charge in [-0.15, -0.1) is 0 Å². The fraction of sp³-hybridized carbons (Fsp3) is 0.538. The summed E-state index contributed by atoms with van der Waals surface area (Å²) in [6.07, 6.45) is 0. The molecule has 0 aliphatic heterocycles. The van der Waals surface area contributed by atoms with Gasteiger partial charge in [0.1, 0.15) is 0 Å². The van der Waals surface area contributed by atoms with Gasteiger partial charge in [0.15, 0.2) is 0 Å². The third kappa shape index (κ3) is 3.98. The average molecular weight is 301 g/mol. The van der Waals surface area contributed by atoms with Crippen LogP contribution in [0.4, 0.5) is 5.69 Å². The Morgan fingerprint density at radius 1 is 1.47 bits per heavy atom. The molecule has 3 nitrogen and oxygen atoms in total. The van der Waals surface area contributed by atoms with E-state index in [0.717, 1.165) is 16.7 Å². The molecule has 0 aliphatic rings. The van der Waals surface area contributed by atoms with E-state index in [1.165, 1.54) is 5.56 Å². The molecule has 0 saturated heterocycles. The standard InChI is InChI=1S/C13H21BrN2O/c1-4-15-10(2)11-5-6-13(12(14)9-11)16(3)7-8-17/h5-6,9-10,15,17H,4,7-8H2,1-3H3. The Kier molecular flexibility index (Phi) is 5.95. The molecular weight excluding hydrogens is 280 g/mol. The molecule has 4 heteroatoms. The zero-order chi connectivity index (χ0) is 12.8. The molecule has 2 N–H and O–H groups in total. The number of hydrogen-bond acceptors (Lipinski definition) is 3. The maximum Gasteiger partial charge on any atom is 0.0606 e. The molecule has 0 aliphatic carbocycles. The first-order chi connectivity index (χ1) is 8.10. The predicted octanol–water partition coefficient (Wildman–Crippen LogP) is 2.55. The van der Waals surface area contributed by atoms with E-state index in [2.05, 4.69) is 53.3 Å². The van der Waals surface area contributed by atoms with Gasteiger partial charge in [-0.25, -0.2) is 0 Å². The normalized spacial score (nSPS) is 12.5. The highest BCUT2D eigenvalue weighted by molar-refractivity contribution is 9.10. The third-order valence-corrected chi connectivity index (χ3v) is 3.46. The van der Waals surface area contributed by atoms with E-state index in [-0.39, 0.29) is 6.61 Å². The summed E-state index contributed by atoms with van der Waals surface area (Å²) < 4.78 is 1.07. The van der Waals surface area contributed by atoms with E-state index >= 15 is 0 Å². The van der Waals surface area contributed by atoms with Crippen molar-refractivity contribution in [3.05, 3.63) is 28.2 Å². The van der Waals surface area contributed by atoms with Gasteiger partial charge in [-0.2, -0.15) is 0 Å². The Labute approximate surface area is 112 Å². The number of hydrogen-bond donors (Lipinski definition) is 2. The Balaban J connectivity index is 2.85. The minimum atomic E-state index is 0.165. The molecule has 1 atom stereocenters. The number of halogens is 1. The lowest BCUT2D eigenvalue weighted by atomic mass is 10.1. The first kappa shape index (κ1) is 14.5. The van der Waals surface area contributed by atoms with Gasteiger partial charge >= 0.3 is 0 Å². The zero-order valence-corrected chi connectivity index (χ0v) is 12.3. The van der Waals surface area contributed by atoms with E-state index in [4.69, 9.17) is 5.11 Å². The summed E-state index contributed by atoms with van der Waals surface area (Å²) in [5.41, 5.74) is 2.37. The summed E-state index contributed by atoms with van der Waals surface area (Å²) in [5, 5.41) is 12.3. The molecule has 1 aromatic rings. The molecule has 17 heavy (non-hydrogen) atoms. The molecule has 0 fully saturated rings. The molecule has 96 valence electrons. The first-order valence-corrected chi connectivity index (χ1v) is 6.74. The van der Waals surface area contributed by atoms with Gasteiger partial charge in [0.2, 0.25) is 0 Å². The van der Waals surface area contributed by atoms with Crippen molar-refractivity contribution in [3.8, 4) is 0 Å². The molecule has 0 amide bonds. The summed E-state index contributed by atoms with van der Waals surface area (Å²) in [4.78, 5) is 2.03. The Morgan fingerprint density at radius 2 is 2.18 bits per heavy atom. The Bertz CT molecular complexity index is 357. The summed E-state index contributed by atoms with van der Waals surface area (Å²) in [5.74, 6) is 0. The Hall–Kier alpha value is -0.580. The molecule has 0 spiro atoms. The van der Waals surface area contributed by atoms with Crippen LogP contribution < -0.4 is 10.2 Å². The van der Waals surface area contributed by atoms with Crippen molar-refractivity contribution in [1.29, 1.82) is 0 Å². The van der Waals surface area contributed by atoms with Crippen LogP contribution in [0.5, 0.6) is 0 Å². The van der Waals surface area contributed by atoms with Crippen molar-refractivity contribution in [2.24, 2.45) is 0 Å². The second-order valence-electron chi connectivity index (χ2n) is 4.14. The predicted molar refractivity (Wildman–Crippen MR) is 76.6 cm³/mol. The highest BCUT2D eigenvalue weighted by atomic mass is 79.9. The number of nitrogens with zero attached hydrogens (tertiary/aromatic N) is 1. The third-order valence-electron chi connectivity index (χ3n) is 2.83. The first-order valence-electron chi connectivity index (χ1n) is 5.95. The van der Waals surface area contributed by atoms with Crippen LogP contribution in [0.15, 0.2) is 22.7 Å². The van der Waals surface area contributed by atoms with Crippen LogP contribution >= 0.6 is 15.9 Å². The molecule has 1 rings (SSSR count). The van der Waals surface area contributed by atoms with Crippen LogP contribution in [0.25, 0.3) is 0 Å². The van der Waals surface area contributed by atoms with Crippen LogP contribution in [0.1, 0.15) is 25.5 Å². The van der Waals surface area contributed by atoms with Crippen molar-refractivity contribution >= 4 is 21.6 Å². The van der Waals surface area contributed by atoms with E-state index in [1.807, 2.05) is 11.9 Å². The van der Waals surface area contributed by atoms with Crippen molar-refractivity contribution in [2.75, 3.05) is 31.6 Å². The van der Waals surface area contributed by atoms with Gasteiger partial charge in [0.05, 0.1) is 12.3 Å². The van der Waals surface area contributed by atoms with Crippen LogP contribution in [-0.2, 0) is 0 Å². The lowest BCUT2D eigenvalue weighted by molar-refractivity contribution is 0.304. The summed E-state index contributed by atoms with van der Waals surface area (Å²) in [6, 6.07) is 6.70. The lowest BCUT2D eigenvalue weighted by Gasteiger charge is -2.21. The Morgan fingerprint density at radius 3 is 2.71 bits per heavy atom. The van der Waals surface area contributed by atoms with Crippen LogP contribution in [0, 0.1) is 0 Å². The van der Waals surface area contributed by atoms with Gasteiger partial charge in [0.25, 0.3) is 0 Å². The quantitative estimate of drug-likeness (QED) is 0.847. The van der Waals surface area contributed by atoms with E-state index < -0.39 is 0 Å². The molecule has 0 aromatic heterocycles. The number of aliphatic hydroxyl groups is 1. The van der Waals surface area contributed by atoms with Crippen molar-refractivity contribution in [1.82, 2.24) is 5.32 Å². The van der Waals surface area contributed by atoms with Gasteiger partial charge in [-0.3, -0.25) is 0 Å². The number of rotatable bonds is 6. The van der Waals surface area contributed by atoms with Gasteiger partial charge < -0.3 is 15.3 Å². The van der Waals surface area contributed by atoms with Gasteiger partial charge in [0, 0.05) is 24.1 Å². The van der Waals surface area contributed by atoms with Crippen molar-refractivity contribution in [3.63, 3.8) is 0 Å². The van der Waals surface area contributed by atoms with E-state index in [0.29, 0.717) is 12.6 Å². The molecule has 0 radical (unpaired) electrons. The lowest BCUT2D eigenvalue weighted by Crippen LogP contribution is -2.22. The van der Waals surface area contributed by atoms with E-state index in [1.54, 1.807) is 0 Å². The van der Waals surface area contributed by atoms with E-state index in [9.17, 15) is 0 Å². The minimum absolute atomic E-state index is 0.165. The molecule has 1 aromatic carbocycles. The minimum Gasteiger partial charge on any atom is -0.395 e. The molecular formula is C13H21BrN2O. The summed E-state index contributed by atoms with van der Waals surface area (Å²) >= 11 is 3.59. The number of aliphatic hydroxyl groups excluding tert-OH is 1. The number of benzene rings is 1. The summed E-state index contributed by atoms with van der Waals surface area (Å²) in [7, 11) is 1.98. The van der Waals surface area contributed by atoms with Crippen LogP contribution in [-0.4, -0.2) is 31.9 Å². The second-order valence-corrected chi connectivity index (χ2v) is 4.99. The van der Waals surface area contributed by atoms with Gasteiger partial charge in [-0.1, -0.05) is 13.0 Å². The van der Waals surface area contributed by atoms with Crippen molar-refractivity contribution in [2.45, 2.75) is 19.9 Å². The summed E-state index contributed by atoms with van der Waals surface area (Å²) in [6.45, 7) is 6.03. The zero-order valence-electron chi connectivity index (χ0n) is 10.7. The largest absolute Gasteiger partial charge is 0.395 e. The average Bonchev–Trinajstić information content (AvgIpc) is 2.29. The fourth-order valence-electron chi connectivity index (χ4n) is 1.80. The highest BCUT2D eigenvalue weighted by Crippen LogP contribution is 2.28. The smallest absolute Gasteiger partial charge is 0.0606 e. The topological polar surface area (TPSA) is 35.5 Å². The molecule has 0 heterocycles. The van der Waals surface area contributed by atoms with Crippen LogP contribution in [0.3, 0.4) is 0 Å². The number of anilines is 1. The fourth-order valence-corrected chi connectivity index (χ4v) is 2.50. The monoisotopic (exact) mass is 300 g/mol. The maximum atomic E-state index is 8.93. The van der Waals surface area contributed by atoms with Crippen LogP contribution in [0.2, 0.25) is 0 Å².